The largest absolute Gasteiger partial charge is 0.481 e. The van der Waals surface area contributed by atoms with Gasteiger partial charge in [-0.05, 0) is 98.7 Å². The molecular weight excluding hydrogens is 464 g/mol. The smallest absolute Gasteiger partial charge is 0.310 e. The SMILES string of the molecule is CC(=O)O[C@H]1CC[C@@]2(C)[C@H](CC[C@]3(C)[C@H]2CC=C2[C@H]4[C@](C(=O)O)(CC[C@@H](C)[C@@]4(C)O)CC[C@]23C)C1(C)C. The summed E-state index contributed by atoms with van der Waals surface area (Å²) >= 11 is 0. The highest BCUT2D eigenvalue weighted by Crippen LogP contribution is 2.76. The molecule has 208 valence electrons. The molecule has 5 aliphatic rings. The van der Waals surface area contributed by atoms with E-state index in [2.05, 4.69) is 47.6 Å². The number of ether oxygens (including phenoxy) is 1. The Labute approximate surface area is 223 Å². The fraction of sp³-hybridized carbons (Fsp3) is 0.875. The second-order valence-corrected chi connectivity index (χ2v) is 15.3. The van der Waals surface area contributed by atoms with Gasteiger partial charge in [-0.2, -0.15) is 0 Å². The van der Waals surface area contributed by atoms with E-state index < -0.39 is 17.0 Å². The average Bonchev–Trinajstić information content (AvgIpc) is 2.78. The molecule has 37 heavy (non-hydrogen) atoms. The summed E-state index contributed by atoms with van der Waals surface area (Å²) < 4.78 is 5.86. The highest BCUT2D eigenvalue weighted by molar-refractivity contribution is 5.77. The quantitative estimate of drug-likeness (QED) is 0.314. The van der Waals surface area contributed by atoms with Gasteiger partial charge in [0, 0.05) is 18.3 Å². The Kier molecular flexibility index (Phi) is 5.95. The molecule has 0 aromatic carbocycles. The number of allylic oxidation sites excluding steroid dienone is 1. The van der Waals surface area contributed by atoms with Gasteiger partial charge in [0.1, 0.15) is 6.10 Å². The van der Waals surface area contributed by atoms with Gasteiger partial charge in [-0.3, -0.25) is 9.59 Å². The number of carboxylic acid groups (broad SMARTS) is 1. The fourth-order valence-electron chi connectivity index (χ4n) is 11.2. The van der Waals surface area contributed by atoms with Crippen LogP contribution in [0.5, 0.6) is 0 Å². The highest BCUT2D eigenvalue weighted by atomic mass is 16.5. The number of carbonyl (C=O) groups excluding carboxylic acids is 1. The summed E-state index contributed by atoms with van der Waals surface area (Å²) in [6.45, 7) is 17.5. The zero-order valence-corrected chi connectivity index (χ0v) is 24.4. The first kappa shape index (κ1) is 27.2. The average molecular weight is 515 g/mol. The summed E-state index contributed by atoms with van der Waals surface area (Å²) in [6, 6.07) is 0. The number of esters is 1. The lowest BCUT2D eigenvalue weighted by Crippen LogP contribution is -2.67. The molecule has 0 amide bonds. The molecule has 5 rings (SSSR count). The third-order valence-corrected chi connectivity index (χ3v) is 13.7. The summed E-state index contributed by atoms with van der Waals surface area (Å²) in [5.74, 6) is -0.217. The van der Waals surface area contributed by atoms with Gasteiger partial charge < -0.3 is 14.9 Å². The zero-order valence-electron chi connectivity index (χ0n) is 24.4. The van der Waals surface area contributed by atoms with Crippen LogP contribution in [0, 0.1) is 50.7 Å². The minimum atomic E-state index is -1.03. The number of aliphatic carboxylic acids is 1. The van der Waals surface area contributed by atoms with E-state index in [9.17, 15) is 19.8 Å². The van der Waals surface area contributed by atoms with E-state index in [-0.39, 0.29) is 45.6 Å². The van der Waals surface area contributed by atoms with E-state index in [0.29, 0.717) is 24.7 Å². The van der Waals surface area contributed by atoms with E-state index in [1.807, 2.05) is 6.92 Å². The monoisotopic (exact) mass is 514 g/mol. The number of hydrogen-bond acceptors (Lipinski definition) is 4. The highest BCUT2D eigenvalue weighted by Gasteiger charge is 2.71. The number of aliphatic hydroxyl groups is 1. The first-order valence-corrected chi connectivity index (χ1v) is 14.8. The molecule has 0 unspecified atom stereocenters. The van der Waals surface area contributed by atoms with Crippen LogP contribution in [0.4, 0.5) is 0 Å². The van der Waals surface area contributed by atoms with Crippen LogP contribution in [0.25, 0.3) is 0 Å². The Morgan fingerprint density at radius 3 is 2.22 bits per heavy atom. The molecule has 0 spiro atoms. The molecule has 0 heterocycles. The zero-order chi connectivity index (χ0) is 27.4. The van der Waals surface area contributed by atoms with Crippen molar-refractivity contribution in [1.82, 2.24) is 0 Å². The van der Waals surface area contributed by atoms with Gasteiger partial charge >= 0.3 is 11.9 Å². The molecule has 2 N–H and O–H groups in total. The Bertz CT molecular complexity index is 1030. The summed E-state index contributed by atoms with van der Waals surface area (Å²) in [5, 5.41) is 22.5. The van der Waals surface area contributed by atoms with Gasteiger partial charge in [-0.15, -0.1) is 0 Å². The third-order valence-electron chi connectivity index (χ3n) is 13.7. The first-order chi connectivity index (χ1) is 17.0. The van der Waals surface area contributed by atoms with Crippen molar-refractivity contribution in [2.24, 2.45) is 50.7 Å². The minimum absolute atomic E-state index is 0.0358. The third kappa shape index (κ3) is 3.31. The van der Waals surface area contributed by atoms with Crippen LogP contribution >= 0.6 is 0 Å². The molecule has 5 aliphatic carbocycles. The van der Waals surface area contributed by atoms with Gasteiger partial charge in [0.15, 0.2) is 0 Å². The van der Waals surface area contributed by atoms with Crippen LogP contribution in [0.3, 0.4) is 0 Å². The van der Waals surface area contributed by atoms with Crippen molar-refractivity contribution in [2.75, 3.05) is 0 Å². The van der Waals surface area contributed by atoms with Gasteiger partial charge in [0.05, 0.1) is 11.0 Å². The van der Waals surface area contributed by atoms with Crippen LogP contribution in [0.15, 0.2) is 11.6 Å². The van der Waals surface area contributed by atoms with Crippen molar-refractivity contribution < 1.29 is 24.5 Å². The summed E-state index contributed by atoms with van der Waals surface area (Å²) in [5.41, 5.74) is -0.708. The van der Waals surface area contributed by atoms with E-state index in [1.165, 1.54) is 12.5 Å². The minimum Gasteiger partial charge on any atom is -0.481 e. The Hall–Kier alpha value is -1.36. The predicted octanol–water partition coefficient (Wildman–Crippen LogP) is 6.78. The Balaban J connectivity index is 1.59. The normalized spacial score (nSPS) is 52.5. The van der Waals surface area contributed by atoms with Crippen LogP contribution in [-0.2, 0) is 14.3 Å². The van der Waals surface area contributed by atoms with Gasteiger partial charge in [0.2, 0.25) is 0 Å². The standard InChI is InChI=1S/C32H50O5/c1-19-11-16-32(26(34)35)18-17-29(6)21(25(32)31(19,8)36)9-10-23-28(5)14-13-24(37-20(2)33)27(3,4)22(28)12-15-30(23,29)7/h9,19,22-25,36H,10-18H2,1-8H3,(H,34,35)/t19-,22-,23+,24+,25-,28+,29-,30-,31-,32+/m1/s1. The van der Waals surface area contributed by atoms with E-state index >= 15 is 0 Å². The molecule has 0 saturated heterocycles. The molecule has 0 aromatic heterocycles. The number of fused-ring (bicyclic) bond motifs is 7. The Morgan fingerprint density at radius 2 is 1.59 bits per heavy atom. The number of hydrogen-bond donors (Lipinski definition) is 2. The summed E-state index contributed by atoms with van der Waals surface area (Å²) in [4.78, 5) is 24.8. The van der Waals surface area contributed by atoms with Crippen LogP contribution in [0.2, 0.25) is 0 Å². The van der Waals surface area contributed by atoms with Gasteiger partial charge in [0.25, 0.3) is 0 Å². The molecule has 5 heteroatoms. The predicted molar refractivity (Wildman–Crippen MR) is 144 cm³/mol. The van der Waals surface area contributed by atoms with Crippen LogP contribution in [0.1, 0.15) is 113 Å². The molecule has 4 fully saturated rings. The fourth-order valence-corrected chi connectivity index (χ4v) is 11.2. The van der Waals surface area contributed by atoms with Crippen LogP contribution in [-0.4, -0.2) is 33.9 Å². The maximum absolute atomic E-state index is 12.9. The molecule has 4 saturated carbocycles. The maximum atomic E-state index is 12.9. The lowest BCUT2D eigenvalue weighted by molar-refractivity contribution is -0.221. The van der Waals surface area contributed by atoms with Crippen molar-refractivity contribution >= 4 is 11.9 Å². The van der Waals surface area contributed by atoms with E-state index in [1.54, 1.807) is 0 Å². The van der Waals surface area contributed by atoms with Crippen molar-refractivity contribution in [3.05, 3.63) is 11.6 Å². The molecule has 10 atom stereocenters. The molecule has 5 nitrogen and oxygen atoms in total. The number of rotatable bonds is 2. The van der Waals surface area contributed by atoms with E-state index in [0.717, 1.165) is 44.9 Å². The molecule has 0 radical (unpaired) electrons. The lowest BCUT2D eigenvalue weighted by atomic mass is 9.33. The van der Waals surface area contributed by atoms with Crippen molar-refractivity contribution in [3.8, 4) is 0 Å². The Morgan fingerprint density at radius 1 is 0.919 bits per heavy atom. The molecule has 0 aliphatic heterocycles. The second kappa shape index (κ2) is 8.08. The summed E-state index contributed by atoms with van der Waals surface area (Å²) in [7, 11) is 0. The maximum Gasteiger partial charge on any atom is 0.310 e. The van der Waals surface area contributed by atoms with Crippen LogP contribution < -0.4 is 0 Å². The number of carboxylic acids is 1. The molecule has 0 aromatic rings. The lowest BCUT2D eigenvalue weighted by Gasteiger charge is -2.71. The van der Waals surface area contributed by atoms with Crippen molar-refractivity contribution in [2.45, 2.75) is 125 Å². The van der Waals surface area contributed by atoms with Crippen molar-refractivity contribution in [3.63, 3.8) is 0 Å². The molecule has 0 bridgehead atoms. The van der Waals surface area contributed by atoms with Gasteiger partial charge in [-0.1, -0.05) is 53.2 Å². The van der Waals surface area contributed by atoms with E-state index in [4.69, 9.17) is 4.74 Å². The van der Waals surface area contributed by atoms with Gasteiger partial charge in [-0.25, -0.2) is 0 Å². The first-order valence-electron chi connectivity index (χ1n) is 14.8. The number of carbonyl (C=O) groups is 2. The summed E-state index contributed by atoms with van der Waals surface area (Å²) in [6.07, 6.45) is 10.4. The second-order valence-electron chi connectivity index (χ2n) is 15.3. The van der Waals surface area contributed by atoms with Crippen molar-refractivity contribution in [1.29, 1.82) is 0 Å². The topological polar surface area (TPSA) is 83.8 Å². The molecular formula is C32H50O5.